The Labute approximate surface area is 183 Å². The van der Waals surface area contributed by atoms with E-state index in [0.717, 1.165) is 42.4 Å². The fourth-order valence-corrected chi connectivity index (χ4v) is 3.71. The lowest BCUT2D eigenvalue weighted by Crippen LogP contribution is -2.25. The Kier molecular flexibility index (Phi) is 6.91. The van der Waals surface area contributed by atoms with E-state index in [-0.39, 0.29) is 12.3 Å². The summed E-state index contributed by atoms with van der Waals surface area (Å²) in [5, 5.41) is 13.1. The molecule has 1 aliphatic heterocycles. The van der Waals surface area contributed by atoms with E-state index in [1.165, 1.54) is 14.2 Å². The quantitative estimate of drug-likeness (QED) is 0.768. The van der Waals surface area contributed by atoms with Crippen molar-refractivity contribution in [3.05, 3.63) is 47.8 Å². The number of fused-ring (bicyclic) bond motifs is 1. The number of rotatable bonds is 5. The number of carbonyl (C=O) groups is 1. The Bertz CT molecular complexity index is 1010. The molecule has 7 nitrogen and oxygen atoms in total. The molecule has 1 N–H and O–H groups in total. The first kappa shape index (κ1) is 22.3. The number of hydrogen-bond donors (Lipinski definition) is 1. The van der Waals surface area contributed by atoms with Gasteiger partial charge in [-0.2, -0.15) is 15.2 Å². The van der Waals surface area contributed by atoms with Crippen LogP contribution in [0.1, 0.15) is 56.0 Å². The van der Waals surface area contributed by atoms with Crippen molar-refractivity contribution < 1.29 is 14.3 Å². The number of ether oxygens (including phenoxy) is 2. The van der Waals surface area contributed by atoms with Gasteiger partial charge in [0.25, 0.3) is 0 Å². The van der Waals surface area contributed by atoms with Gasteiger partial charge in [0.2, 0.25) is 17.7 Å². The summed E-state index contributed by atoms with van der Waals surface area (Å²) in [5.74, 6) is 1.16. The molecule has 0 saturated carbocycles. The van der Waals surface area contributed by atoms with Crippen LogP contribution in [0.2, 0.25) is 0 Å². The molecular formula is C24H28N4O3. The predicted molar refractivity (Wildman–Crippen MR) is 119 cm³/mol. The number of allylic oxidation sites excluding steroid dienone is 1. The van der Waals surface area contributed by atoms with Gasteiger partial charge in [0, 0.05) is 24.1 Å². The molecule has 2 aromatic rings. The Morgan fingerprint density at radius 1 is 1.13 bits per heavy atom. The molecule has 0 bridgehead atoms. The van der Waals surface area contributed by atoms with E-state index in [1.54, 1.807) is 6.07 Å². The van der Waals surface area contributed by atoms with Crippen LogP contribution in [0.4, 0.5) is 5.69 Å². The molecule has 1 unspecified atom stereocenters. The molecule has 1 atom stereocenters. The first-order chi connectivity index (χ1) is 14.9. The lowest BCUT2D eigenvalue weighted by atomic mass is 9.79. The molecule has 1 aliphatic rings. The smallest absolute Gasteiger partial charge is 0.224 e. The summed E-state index contributed by atoms with van der Waals surface area (Å²) in [6.07, 6.45) is 4.51. The molecule has 0 fully saturated rings. The number of amides is 1. The Morgan fingerprint density at radius 2 is 1.81 bits per heavy atom. The fourth-order valence-electron chi connectivity index (χ4n) is 3.71. The average molecular weight is 421 g/mol. The molecule has 162 valence electrons. The second-order valence-corrected chi connectivity index (χ2v) is 7.96. The summed E-state index contributed by atoms with van der Waals surface area (Å²) < 4.78 is 10.5. The van der Waals surface area contributed by atoms with Crippen LogP contribution >= 0.6 is 0 Å². The van der Waals surface area contributed by atoms with Crippen molar-refractivity contribution in [2.75, 3.05) is 19.5 Å². The number of nitrogens with one attached hydrogen (secondary N) is 1. The summed E-state index contributed by atoms with van der Waals surface area (Å²) >= 11 is 0. The molecule has 31 heavy (non-hydrogen) atoms. The molecule has 0 radical (unpaired) electrons. The third-order valence-electron chi connectivity index (χ3n) is 5.60. The van der Waals surface area contributed by atoms with E-state index < -0.39 is 5.41 Å². The minimum Gasteiger partial charge on any atom is -0.481 e. The maximum atomic E-state index is 12.4. The Balaban J connectivity index is 1.99. The van der Waals surface area contributed by atoms with Crippen LogP contribution in [0.5, 0.6) is 11.8 Å². The van der Waals surface area contributed by atoms with Crippen molar-refractivity contribution >= 4 is 17.2 Å². The van der Waals surface area contributed by atoms with Crippen LogP contribution in [0.3, 0.4) is 0 Å². The predicted octanol–water partition coefficient (Wildman–Crippen LogP) is 4.43. The first-order valence-electron chi connectivity index (χ1n) is 10.4. The zero-order valence-electron chi connectivity index (χ0n) is 18.3. The molecular weight excluding hydrogens is 392 g/mol. The Morgan fingerprint density at radius 3 is 2.45 bits per heavy atom. The van der Waals surface area contributed by atoms with Gasteiger partial charge in [0.05, 0.1) is 31.8 Å². The lowest BCUT2D eigenvalue weighted by Gasteiger charge is -2.24. The fraction of sp³-hybridized carbons (Fsp3) is 0.417. The second-order valence-electron chi connectivity index (χ2n) is 7.96. The summed E-state index contributed by atoms with van der Waals surface area (Å²) in [6.45, 7) is 6.04. The van der Waals surface area contributed by atoms with Crippen molar-refractivity contribution in [3.63, 3.8) is 0 Å². The first-order valence-corrected chi connectivity index (χ1v) is 10.4. The van der Waals surface area contributed by atoms with Crippen molar-refractivity contribution in [2.45, 2.75) is 50.9 Å². The SMILES string of the molecule is C=C1CCCCCC(=O)Nc2cc(C(C)(C#N)Cc3nc(OC)cc(OC)n3)ccc21. The highest BCUT2D eigenvalue weighted by Gasteiger charge is 2.30. The van der Waals surface area contributed by atoms with E-state index in [9.17, 15) is 10.1 Å². The molecule has 0 saturated heterocycles. The van der Waals surface area contributed by atoms with Crippen LogP contribution in [-0.2, 0) is 16.6 Å². The minimum absolute atomic E-state index is 0.0207. The highest BCUT2D eigenvalue weighted by Crippen LogP contribution is 2.35. The van der Waals surface area contributed by atoms with Crippen LogP contribution in [0.25, 0.3) is 5.57 Å². The summed E-state index contributed by atoms with van der Waals surface area (Å²) in [6, 6.07) is 9.73. The number of methoxy groups -OCH3 is 2. The largest absolute Gasteiger partial charge is 0.481 e. The Hall–Kier alpha value is -3.40. The van der Waals surface area contributed by atoms with Crippen LogP contribution in [0, 0.1) is 11.3 Å². The number of nitriles is 1. The third kappa shape index (κ3) is 5.21. The van der Waals surface area contributed by atoms with Gasteiger partial charge in [-0.15, -0.1) is 0 Å². The minimum atomic E-state index is -0.923. The van der Waals surface area contributed by atoms with Gasteiger partial charge in [-0.25, -0.2) is 0 Å². The number of carbonyl (C=O) groups excluding carboxylic acids is 1. The van der Waals surface area contributed by atoms with E-state index in [1.807, 2.05) is 25.1 Å². The number of hydrogen-bond acceptors (Lipinski definition) is 6. The van der Waals surface area contributed by atoms with Gasteiger partial charge < -0.3 is 14.8 Å². The van der Waals surface area contributed by atoms with Crippen molar-refractivity contribution in [1.82, 2.24) is 9.97 Å². The lowest BCUT2D eigenvalue weighted by molar-refractivity contribution is -0.116. The van der Waals surface area contributed by atoms with E-state index in [0.29, 0.717) is 29.7 Å². The molecule has 3 rings (SSSR count). The van der Waals surface area contributed by atoms with Crippen LogP contribution in [0.15, 0.2) is 30.8 Å². The van der Waals surface area contributed by atoms with Gasteiger partial charge in [-0.3, -0.25) is 4.79 Å². The number of aromatic nitrogens is 2. The van der Waals surface area contributed by atoms with E-state index >= 15 is 0 Å². The molecule has 1 amide bonds. The molecule has 1 aromatic carbocycles. The van der Waals surface area contributed by atoms with Crippen molar-refractivity contribution in [3.8, 4) is 17.8 Å². The van der Waals surface area contributed by atoms with E-state index in [4.69, 9.17) is 9.47 Å². The maximum absolute atomic E-state index is 12.4. The van der Waals surface area contributed by atoms with Crippen molar-refractivity contribution in [2.24, 2.45) is 0 Å². The molecule has 1 aromatic heterocycles. The van der Waals surface area contributed by atoms with Gasteiger partial charge in [0.15, 0.2) is 0 Å². The monoisotopic (exact) mass is 420 g/mol. The number of anilines is 1. The maximum Gasteiger partial charge on any atom is 0.224 e. The molecule has 0 aliphatic carbocycles. The third-order valence-corrected chi connectivity index (χ3v) is 5.60. The molecule has 0 spiro atoms. The normalized spacial score (nSPS) is 16.3. The zero-order valence-corrected chi connectivity index (χ0v) is 18.3. The molecule has 2 heterocycles. The number of nitrogens with zero attached hydrogens (tertiary/aromatic N) is 3. The second kappa shape index (κ2) is 9.61. The standard InChI is InChI=1S/C24H28N4O3/c1-16-8-6-5-7-9-21(29)26-19-12-17(10-11-18(16)19)24(2,15-25)14-20-27-22(30-3)13-23(28-20)31-4/h10-13H,1,5-9,14H2,2-4H3,(H,26,29). The highest BCUT2D eigenvalue weighted by molar-refractivity contribution is 5.94. The van der Waals surface area contributed by atoms with Gasteiger partial charge in [-0.05, 0) is 43.4 Å². The summed E-state index contributed by atoms with van der Waals surface area (Å²) in [4.78, 5) is 21.1. The van der Waals surface area contributed by atoms with Crippen LogP contribution < -0.4 is 14.8 Å². The average Bonchev–Trinajstić information content (AvgIpc) is 2.77. The summed E-state index contributed by atoms with van der Waals surface area (Å²) in [5.41, 5.74) is 2.44. The number of benzene rings is 1. The van der Waals surface area contributed by atoms with Gasteiger partial charge in [0.1, 0.15) is 5.82 Å². The van der Waals surface area contributed by atoms with Gasteiger partial charge >= 0.3 is 0 Å². The zero-order chi connectivity index (χ0) is 22.4. The van der Waals surface area contributed by atoms with Gasteiger partial charge in [-0.1, -0.05) is 25.1 Å². The van der Waals surface area contributed by atoms with E-state index in [2.05, 4.69) is 27.9 Å². The van der Waals surface area contributed by atoms with Crippen LogP contribution in [-0.4, -0.2) is 30.1 Å². The topological polar surface area (TPSA) is 97.1 Å². The van der Waals surface area contributed by atoms with Crippen molar-refractivity contribution in [1.29, 1.82) is 5.26 Å². The highest BCUT2D eigenvalue weighted by atomic mass is 16.5. The molecule has 7 heteroatoms. The summed E-state index contributed by atoms with van der Waals surface area (Å²) in [7, 11) is 3.04.